The minimum atomic E-state index is -0.382. The van der Waals surface area contributed by atoms with Gasteiger partial charge in [-0.3, -0.25) is 0 Å². The number of ether oxygens (including phenoxy) is 2. The number of rotatable bonds is 20. The lowest BCUT2D eigenvalue weighted by Gasteiger charge is -2.18. The molecule has 0 aliphatic carbocycles. The van der Waals surface area contributed by atoms with Gasteiger partial charge in [0.1, 0.15) is 18.1 Å². The van der Waals surface area contributed by atoms with Crippen molar-refractivity contribution in [2.24, 2.45) is 0 Å². The van der Waals surface area contributed by atoms with Crippen molar-refractivity contribution in [1.82, 2.24) is 0 Å². The van der Waals surface area contributed by atoms with Gasteiger partial charge in [-0.15, -0.1) is 0 Å². The van der Waals surface area contributed by atoms with Gasteiger partial charge in [-0.1, -0.05) is 102 Å². The molecule has 3 nitrogen and oxygen atoms in total. The van der Waals surface area contributed by atoms with Gasteiger partial charge < -0.3 is 14.6 Å². The summed E-state index contributed by atoms with van der Waals surface area (Å²) in [5.74, 6) is 1.60. The lowest BCUT2D eigenvalue weighted by molar-refractivity contribution is 0.0718. The van der Waals surface area contributed by atoms with Crippen LogP contribution in [0.2, 0.25) is 0 Å². The van der Waals surface area contributed by atoms with Crippen molar-refractivity contribution in [3.8, 4) is 11.5 Å². The normalized spacial score (nSPS) is 12.0. The molecule has 2 aromatic carbocycles. The largest absolute Gasteiger partial charge is 0.490 e. The Hall–Kier alpha value is -2.00. The van der Waals surface area contributed by atoms with Crippen molar-refractivity contribution < 1.29 is 14.6 Å². The van der Waals surface area contributed by atoms with Crippen LogP contribution in [0.1, 0.15) is 102 Å². The van der Waals surface area contributed by atoms with Crippen LogP contribution in [0.5, 0.6) is 11.5 Å². The fourth-order valence-corrected chi connectivity index (χ4v) is 4.21. The van der Waals surface area contributed by atoms with Gasteiger partial charge >= 0.3 is 0 Å². The molecule has 0 bridgehead atoms. The maximum atomic E-state index is 9.74. The SMILES string of the molecule is CCCCCCCCc1ccc(OCC(CO)Oc2ccc(CCCCCCCC)cc2)cc1. The van der Waals surface area contributed by atoms with E-state index >= 15 is 0 Å². The van der Waals surface area contributed by atoms with Crippen LogP contribution in [0.4, 0.5) is 0 Å². The van der Waals surface area contributed by atoms with Crippen molar-refractivity contribution in [3.63, 3.8) is 0 Å². The molecule has 0 amide bonds. The zero-order valence-electron chi connectivity index (χ0n) is 21.8. The van der Waals surface area contributed by atoms with Crippen LogP contribution < -0.4 is 9.47 Å². The highest BCUT2D eigenvalue weighted by atomic mass is 16.5. The van der Waals surface area contributed by atoms with Crippen molar-refractivity contribution in [3.05, 3.63) is 59.7 Å². The van der Waals surface area contributed by atoms with Gasteiger partial charge in [-0.05, 0) is 61.1 Å². The Bertz CT molecular complexity index is 723. The molecule has 0 radical (unpaired) electrons. The highest BCUT2D eigenvalue weighted by Crippen LogP contribution is 2.18. The Labute approximate surface area is 208 Å². The summed E-state index contributed by atoms with van der Waals surface area (Å²) < 4.78 is 11.8. The van der Waals surface area contributed by atoms with Crippen molar-refractivity contribution in [1.29, 1.82) is 0 Å². The van der Waals surface area contributed by atoms with Crippen LogP contribution in [0.15, 0.2) is 48.5 Å². The standard InChI is InChI=1S/C31H48O3/c1-3-5-7-9-11-13-15-27-17-21-29(22-18-27)33-26-31(25-32)34-30-23-19-28(20-24-30)16-14-12-10-8-6-4-2/h17-24,31-32H,3-16,25-26H2,1-2H3. The van der Waals surface area contributed by atoms with Crippen LogP contribution in [0.25, 0.3) is 0 Å². The first kappa shape index (κ1) is 28.2. The zero-order valence-corrected chi connectivity index (χ0v) is 21.8. The number of benzene rings is 2. The number of unbranched alkanes of at least 4 members (excludes halogenated alkanes) is 10. The first-order valence-corrected chi connectivity index (χ1v) is 13.8. The average Bonchev–Trinajstić information content (AvgIpc) is 2.87. The second-order valence-corrected chi connectivity index (χ2v) is 9.56. The van der Waals surface area contributed by atoms with Gasteiger partial charge in [0.25, 0.3) is 0 Å². The monoisotopic (exact) mass is 468 g/mol. The van der Waals surface area contributed by atoms with Crippen molar-refractivity contribution in [2.75, 3.05) is 13.2 Å². The smallest absolute Gasteiger partial charge is 0.155 e. The van der Waals surface area contributed by atoms with E-state index < -0.39 is 0 Å². The van der Waals surface area contributed by atoms with E-state index in [-0.39, 0.29) is 12.7 Å². The first-order chi connectivity index (χ1) is 16.7. The molecule has 1 atom stereocenters. The topological polar surface area (TPSA) is 38.7 Å². The average molecular weight is 469 g/mol. The van der Waals surface area contributed by atoms with Crippen LogP contribution >= 0.6 is 0 Å². The molecule has 190 valence electrons. The molecule has 0 aromatic heterocycles. The van der Waals surface area contributed by atoms with E-state index in [2.05, 4.69) is 38.1 Å². The summed E-state index contributed by atoms with van der Waals surface area (Å²) >= 11 is 0. The highest BCUT2D eigenvalue weighted by molar-refractivity contribution is 5.28. The third-order valence-electron chi connectivity index (χ3n) is 6.43. The van der Waals surface area contributed by atoms with E-state index in [0.717, 1.165) is 24.3 Å². The molecule has 1 N–H and O–H groups in total. The molecule has 0 saturated heterocycles. The third-order valence-corrected chi connectivity index (χ3v) is 6.43. The molecule has 1 unspecified atom stereocenters. The minimum Gasteiger partial charge on any atom is -0.490 e. The quantitative estimate of drug-likeness (QED) is 0.199. The van der Waals surface area contributed by atoms with Gasteiger partial charge in [-0.2, -0.15) is 0 Å². The summed E-state index contributed by atoms with van der Waals surface area (Å²) in [7, 11) is 0. The maximum Gasteiger partial charge on any atom is 0.155 e. The highest BCUT2D eigenvalue weighted by Gasteiger charge is 2.11. The molecule has 0 heterocycles. The summed E-state index contributed by atoms with van der Waals surface area (Å²) in [5.41, 5.74) is 2.71. The van der Waals surface area contributed by atoms with Crippen LogP contribution in [-0.4, -0.2) is 24.4 Å². The maximum absolute atomic E-state index is 9.74. The lowest BCUT2D eigenvalue weighted by atomic mass is 10.0. The summed E-state index contributed by atoms with van der Waals surface area (Å²) in [6, 6.07) is 16.6. The molecule has 2 rings (SSSR count). The minimum absolute atomic E-state index is 0.0738. The van der Waals surface area contributed by atoms with E-state index in [1.54, 1.807) is 0 Å². The Kier molecular flexibility index (Phi) is 15.2. The molecular weight excluding hydrogens is 420 g/mol. The molecule has 0 spiro atoms. The summed E-state index contributed by atoms with van der Waals surface area (Å²) in [6.45, 7) is 4.77. The van der Waals surface area contributed by atoms with Crippen LogP contribution in [-0.2, 0) is 12.8 Å². The summed E-state index contributed by atoms with van der Waals surface area (Å²) in [4.78, 5) is 0. The third kappa shape index (κ3) is 12.5. The van der Waals surface area contributed by atoms with E-state index in [4.69, 9.17) is 9.47 Å². The summed E-state index contributed by atoms with van der Waals surface area (Å²) in [5, 5.41) is 9.74. The molecule has 2 aromatic rings. The number of aryl methyl sites for hydroxylation is 2. The predicted molar refractivity (Wildman–Crippen MR) is 144 cm³/mol. The van der Waals surface area contributed by atoms with Crippen LogP contribution in [0, 0.1) is 0 Å². The van der Waals surface area contributed by atoms with Gasteiger partial charge in [0.15, 0.2) is 6.10 Å². The first-order valence-electron chi connectivity index (χ1n) is 13.8. The van der Waals surface area contributed by atoms with E-state index in [1.807, 2.05) is 24.3 Å². The Morgan fingerprint density at radius 1 is 0.588 bits per heavy atom. The van der Waals surface area contributed by atoms with Crippen molar-refractivity contribution in [2.45, 2.75) is 110 Å². The van der Waals surface area contributed by atoms with E-state index in [1.165, 1.54) is 88.2 Å². The Balaban J connectivity index is 1.66. The molecule has 0 aliphatic heterocycles. The molecule has 3 heteroatoms. The van der Waals surface area contributed by atoms with Gasteiger partial charge in [-0.25, -0.2) is 0 Å². The van der Waals surface area contributed by atoms with Crippen molar-refractivity contribution >= 4 is 0 Å². The zero-order chi connectivity index (χ0) is 24.3. The Morgan fingerprint density at radius 2 is 1.03 bits per heavy atom. The number of hydrogen-bond donors (Lipinski definition) is 1. The van der Waals surface area contributed by atoms with E-state index in [9.17, 15) is 5.11 Å². The Morgan fingerprint density at radius 3 is 1.50 bits per heavy atom. The van der Waals surface area contributed by atoms with E-state index in [0.29, 0.717) is 6.61 Å². The van der Waals surface area contributed by atoms with Gasteiger partial charge in [0.2, 0.25) is 0 Å². The lowest BCUT2D eigenvalue weighted by Crippen LogP contribution is -2.28. The predicted octanol–water partition coefficient (Wildman–Crippen LogP) is 8.31. The fraction of sp³-hybridized carbons (Fsp3) is 0.613. The molecule has 0 aliphatic rings. The van der Waals surface area contributed by atoms with Gasteiger partial charge in [0, 0.05) is 0 Å². The molecule has 0 saturated carbocycles. The second kappa shape index (κ2) is 18.3. The summed E-state index contributed by atoms with van der Waals surface area (Å²) in [6.07, 6.45) is 17.7. The van der Waals surface area contributed by atoms with Gasteiger partial charge in [0.05, 0.1) is 6.61 Å². The molecule has 0 fully saturated rings. The molecular formula is C31H48O3. The number of aliphatic hydroxyl groups is 1. The fourth-order valence-electron chi connectivity index (χ4n) is 4.21. The van der Waals surface area contributed by atoms with Crippen LogP contribution in [0.3, 0.4) is 0 Å². The number of aliphatic hydroxyl groups excluding tert-OH is 1. The number of hydrogen-bond acceptors (Lipinski definition) is 3. The second-order valence-electron chi connectivity index (χ2n) is 9.56. The molecule has 34 heavy (non-hydrogen) atoms.